The zero-order valence-electron chi connectivity index (χ0n) is 10.0. The topological polar surface area (TPSA) is 160 Å². The van der Waals surface area contributed by atoms with Gasteiger partial charge in [0.05, 0.1) is 0 Å². The molecule has 0 heterocycles. The third-order valence-corrected chi connectivity index (χ3v) is 3.01. The molecule has 0 aromatic heterocycles. The van der Waals surface area contributed by atoms with Crippen LogP contribution in [-0.4, -0.2) is 57.6 Å². The van der Waals surface area contributed by atoms with E-state index in [-0.39, 0.29) is 12.4 Å². The summed E-state index contributed by atoms with van der Waals surface area (Å²) in [4.78, 5) is 29.6. The molecular weight excluding hydrogens is 263 g/mol. The van der Waals surface area contributed by atoms with Gasteiger partial charge >= 0.3 is 13.6 Å². The normalized spacial score (nSPS) is 13.3. The number of guanidine groups is 1. The zero-order valence-corrected chi connectivity index (χ0v) is 10.9. The van der Waals surface area contributed by atoms with Crippen LogP contribution < -0.4 is 11.1 Å². The van der Waals surface area contributed by atoms with Gasteiger partial charge in [0.15, 0.2) is 5.96 Å². The van der Waals surface area contributed by atoms with Gasteiger partial charge in [-0.1, -0.05) is 0 Å². The van der Waals surface area contributed by atoms with Crippen LogP contribution in [0.4, 0.5) is 0 Å². The number of hydrogen-bond donors (Lipinski definition) is 6. The number of hydrogen-bond acceptors (Lipinski definition) is 4. The van der Waals surface area contributed by atoms with Crippen molar-refractivity contribution < 1.29 is 24.3 Å². The molecule has 106 valence electrons. The minimum absolute atomic E-state index is 0.201. The molecule has 0 aliphatic carbocycles. The average Bonchev–Trinajstić information content (AvgIpc) is 2.12. The van der Waals surface area contributed by atoms with Crippen LogP contribution in [0.1, 0.15) is 12.8 Å². The van der Waals surface area contributed by atoms with Gasteiger partial charge in [0.1, 0.15) is 12.3 Å². The van der Waals surface area contributed by atoms with Crippen molar-refractivity contribution in [3.63, 3.8) is 0 Å². The van der Waals surface area contributed by atoms with E-state index in [9.17, 15) is 9.36 Å². The van der Waals surface area contributed by atoms with Crippen molar-refractivity contribution >= 4 is 19.5 Å². The molecule has 0 fully saturated rings. The predicted octanol–water partition coefficient (Wildman–Crippen LogP) is -1.23. The molecule has 0 bridgehead atoms. The van der Waals surface area contributed by atoms with Crippen LogP contribution in [-0.2, 0) is 9.36 Å². The molecule has 0 aromatic carbocycles. The summed E-state index contributed by atoms with van der Waals surface area (Å²) in [5.74, 6) is -1.35. The first-order valence-corrected chi connectivity index (χ1v) is 6.98. The van der Waals surface area contributed by atoms with Gasteiger partial charge in [0.2, 0.25) is 0 Å². The van der Waals surface area contributed by atoms with Crippen LogP contribution >= 0.6 is 7.60 Å². The smallest absolute Gasteiger partial charge is 0.339 e. The molecule has 0 saturated carbocycles. The number of nitrogens with two attached hydrogens (primary N) is 1. The number of aliphatic carboxylic acids is 1. The summed E-state index contributed by atoms with van der Waals surface area (Å²) in [6.45, 7) is 0.336. The first kappa shape index (κ1) is 16.9. The van der Waals surface area contributed by atoms with Gasteiger partial charge in [-0.05, 0) is 19.9 Å². The highest BCUT2D eigenvalue weighted by Gasteiger charge is 2.27. The fourth-order valence-electron chi connectivity index (χ4n) is 1.44. The predicted molar refractivity (Wildman–Crippen MR) is 65.2 cm³/mol. The maximum Gasteiger partial charge on any atom is 0.339 e. The molecule has 0 radical (unpaired) electrons. The second-order valence-corrected chi connectivity index (χ2v) is 5.51. The lowest BCUT2D eigenvalue weighted by molar-refractivity contribution is -0.142. The van der Waals surface area contributed by atoms with Gasteiger partial charge in [-0.15, -0.1) is 0 Å². The Kier molecular flexibility index (Phi) is 6.85. The SMILES string of the molecule is CN(CP(=O)(O)O)C(CCCNC(=N)N)C(=O)O. The second kappa shape index (κ2) is 7.32. The van der Waals surface area contributed by atoms with Crippen molar-refractivity contribution in [2.24, 2.45) is 5.73 Å². The molecule has 18 heavy (non-hydrogen) atoms. The van der Waals surface area contributed by atoms with Crippen molar-refractivity contribution in [1.82, 2.24) is 10.2 Å². The second-order valence-electron chi connectivity index (χ2n) is 3.90. The summed E-state index contributed by atoms with van der Waals surface area (Å²) in [5.41, 5.74) is 5.05. The Hall–Kier alpha value is -1.15. The number of rotatable bonds is 8. The van der Waals surface area contributed by atoms with E-state index < -0.39 is 25.9 Å². The molecule has 0 spiro atoms. The lowest BCUT2D eigenvalue weighted by Crippen LogP contribution is -2.40. The molecule has 0 aromatic rings. The third-order valence-electron chi connectivity index (χ3n) is 2.19. The van der Waals surface area contributed by atoms with E-state index in [1.807, 2.05) is 0 Å². The molecular formula is C8H19N4O5P. The summed E-state index contributed by atoms with van der Waals surface area (Å²) in [6, 6.07) is -0.980. The molecule has 0 saturated heterocycles. The summed E-state index contributed by atoms with van der Waals surface area (Å²) in [5, 5.41) is 18.4. The minimum Gasteiger partial charge on any atom is -0.480 e. The summed E-state index contributed by atoms with van der Waals surface area (Å²) >= 11 is 0. The number of nitrogens with zero attached hydrogens (tertiary/aromatic N) is 1. The number of carbonyl (C=O) groups is 1. The summed E-state index contributed by atoms with van der Waals surface area (Å²) in [6.07, 6.45) is 0.0122. The average molecular weight is 282 g/mol. The highest BCUT2D eigenvalue weighted by atomic mass is 31.2. The Labute approximate surface area is 105 Å². The molecule has 0 amide bonds. The van der Waals surface area contributed by atoms with Gasteiger partial charge in [0, 0.05) is 6.54 Å². The van der Waals surface area contributed by atoms with Crippen molar-refractivity contribution in [3.05, 3.63) is 0 Å². The Balaban J connectivity index is 4.26. The Morgan fingerprint density at radius 1 is 1.56 bits per heavy atom. The molecule has 10 heteroatoms. The van der Waals surface area contributed by atoms with Gasteiger partial charge < -0.3 is 25.9 Å². The lowest BCUT2D eigenvalue weighted by Gasteiger charge is -2.24. The van der Waals surface area contributed by atoms with Gasteiger partial charge in [-0.25, -0.2) is 0 Å². The first-order valence-electron chi connectivity index (χ1n) is 5.19. The maximum atomic E-state index is 11.0. The Bertz CT molecular complexity index is 344. The van der Waals surface area contributed by atoms with Crippen LogP contribution in [0.25, 0.3) is 0 Å². The fraction of sp³-hybridized carbons (Fsp3) is 0.750. The minimum atomic E-state index is -4.28. The van der Waals surface area contributed by atoms with Gasteiger partial charge in [-0.3, -0.25) is 19.7 Å². The van der Waals surface area contributed by atoms with Crippen LogP contribution in [0.15, 0.2) is 0 Å². The van der Waals surface area contributed by atoms with E-state index in [0.717, 1.165) is 4.90 Å². The van der Waals surface area contributed by atoms with Crippen LogP contribution in [0.5, 0.6) is 0 Å². The van der Waals surface area contributed by atoms with Crippen molar-refractivity contribution in [1.29, 1.82) is 5.41 Å². The van der Waals surface area contributed by atoms with Crippen molar-refractivity contribution in [2.75, 3.05) is 19.9 Å². The summed E-state index contributed by atoms with van der Waals surface area (Å²) in [7, 11) is -2.93. The largest absolute Gasteiger partial charge is 0.480 e. The highest BCUT2D eigenvalue weighted by Crippen LogP contribution is 2.35. The molecule has 1 unspecified atom stereocenters. The quantitative estimate of drug-likeness (QED) is 0.140. The molecule has 0 rings (SSSR count). The lowest BCUT2D eigenvalue weighted by atomic mass is 10.1. The van der Waals surface area contributed by atoms with E-state index in [0.29, 0.717) is 13.0 Å². The first-order chi connectivity index (χ1) is 8.13. The Morgan fingerprint density at radius 3 is 2.50 bits per heavy atom. The van der Waals surface area contributed by atoms with E-state index >= 15 is 0 Å². The zero-order chi connectivity index (χ0) is 14.3. The standard InChI is InChI=1S/C8H19N4O5P/c1-12(5-18(15,16)17)6(7(13)14)3-2-4-11-8(9)10/h6H,2-5H2,1H3,(H,13,14)(H4,9,10,11)(H2,15,16,17). The monoisotopic (exact) mass is 282 g/mol. The van der Waals surface area contributed by atoms with Gasteiger partial charge in [-0.2, -0.15) is 0 Å². The molecule has 7 N–H and O–H groups in total. The third kappa shape index (κ3) is 8.02. The van der Waals surface area contributed by atoms with Crippen LogP contribution in [0.3, 0.4) is 0 Å². The highest BCUT2D eigenvalue weighted by molar-refractivity contribution is 7.51. The Morgan fingerprint density at radius 2 is 2.11 bits per heavy atom. The molecule has 9 nitrogen and oxygen atoms in total. The number of carboxylic acids is 1. The van der Waals surface area contributed by atoms with E-state index in [1.54, 1.807) is 0 Å². The van der Waals surface area contributed by atoms with Gasteiger partial charge in [0.25, 0.3) is 0 Å². The van der Waals surface area contributed by atoms with Crippen LogP contribution in [0, 0.1) is 5.41 Å². The molecule has 0 aliphatic heterocycles. The van der Waals surface area contributed by atoms with E-state index in [1.165, 1.54) is 7.05 Å². The van der Waals surface area contributed by atoms with Crippen molar-refractivity contribution in [3.8, 4) is 0 Å². The van der Waals surface area contributed by atoms with E-state index in [4.69, 9.17) is 26.0 Å². The maximum absolute atomic E-state index is 11.0. The summed E-state index contributed by atoms with van der Waals surface area (Å²) < 4.78 is 10.8. The number of carboxylic acid groups (broad SMARTS) is 1. The fourth-order valence-corrected chi connectivity index (χ4v) is 2.22. The molecule has 1 atom stereocenters. The molecule has 0 aliphatic rings. The van der Waals surface area contributed by atoms with Crippen LogP contribution in [0.2, 0.25) is 0 Å². The number of likely N-dealkylation sites (N-methyl/N-ethyl adjacent to an activating group) is 1. The number of nitrogens with one attached hydrogen (secondary N) is 2. The van der Waals surface area contributed by atoms with Crippen molar-refractivity contribution in [2.45, 2.75) is 18.9 Å². The van der Waals surface area contributed by atoms with E-state index in [2.05, 4.69) is 5.32 Å².